The van der Waals surface area contributed by atoms with Crippen LogP contribution in [0.1, 0.15) is 5.56 Å². The van der Waals surface area contributed by atoms with Crippen LogP contribution in [0.4, 0.5) is 5.69 Å². The highest BCUT2D eigenvalue weighted by molar-refractivity contribution is 6.31. The van der Waals surface area contributed by atoms with Crippen molar-refractivity contribution in [3.05, 3.63) is 47.1 Å². The molecule has 0 aliphatic heterocycles. The van der Waals surface area contributed by atoms with E-state index < -0.39 is 0 Å². The number of furan rings is 1. The molecule has 2 aromatic heterocycles. The molecule has 3 rings (SSSR count). The summed E-state index contributed by atoms with van der Waals surface area (Å²) < 4.78 is 5.74. The van der Waals surface area contributed by atoms with Crippen LogP contribution in [-0.2, 0) is 0 Å². The van der Waals surface area contributed by atoms with Crippen molar-refractivity contribution in [3.63, 3.8) is 0 Å². The molecule has 3 aromatic rings. The van der Waals surface area contributed by atoms with E-state index in [0.717, 1.165) is 28.0 Å². The first-order chi connectivity index (χ1) is 8.63. The summed E-state index contributed by atoms with van der Waals surface area (Å²) in [5, 5.41) is 1.66. The maximum atomic E-state index is 5.95. The van der Waals surface area contributed by atoms with Crippen molar-refractivity contribution in [2.75, 3.05) is 5.73 Å². The van der Waals surface area contributed by atoms with Gasteiger partial charge in [-0.15, -0.1) is 0 Å². The summed E-state index contributed by atoms with van der Waals surface area (Å²) in [6, 6.07) is 9.37. The summed E-state index contributed by atoms with van der Waals surface area (Å²) in [6.07, 6.45) is 1.64. The maximum Gasteiger partial charge on any atom is 0.153 e. The van der Waals surface area contributed by atoms with Crippen molar-refractivity contribution in [3.8, 4) is 11.5 Å². The summed E-state index contributed by atoms with van der Waals surface area (Å²) in [4.78, 5) is 4.28. The molecule has 0 saturated carbocycles. The highest BCUT2D eigenvalue weighted by atomic mass is 35.5. The summed E-state index contributed by atoms with van der Waals surface area (Å²) in [6.45, 7) is 1.94. The van der Waals surface area contributed by atoms with Gasteiger partial charge in [-0.3, -0.25) is 4.98 Å². The molecule has 4 heteroatoms. The fraction of sp³-hybridized carbons (Fsp3) is 0.0714. The summed E-state index contributed by atoms with van der Waals surface area (Å²) in [7, 11) is 0. The lowest BCUT2D eigenvalue weighted by Crippen LogP contribution is -1.91. The van der Waals surface area contributed by atoms with Crippen molar-refractivity contribution in [2.24, 2.45) is 0 Å². The number of nitrogen functional groups attached to an aromatic ring is 1. The first kappa shape index (κ1) is 11.1. The van der Waals surface area contributed by atoms with Gasteiger partial charge in [0.1, 0.15) is 11.3 Å². The number of halogens is 1. The lowest BCUT2D eigenvalue weighted by Gasteiger charge is -2.00. The number of nitrogens with zero attached hydrogens (tertiary/aromatic N) is 1. The summed E-state index contributed by atoms with van der Waals surface area (Å²) in [5.74, 6) is 0.718. The fourth-order valence-corrected chi connectivity index (χ4v) is 2.02. The number of hydrogen-bond donors (Lipinski definition) is 1. The molecule has 18 heavy (non-hydrogen) atoms. The molecule has 0 unspecified atom stereocenters. The molecule has 2 heterocycles. The Hall–Kier alpha value is -2.00. The van der Waals surface area contributed by atoms with Gasteiger partial charge in [-0.2, -0.15) is 0 Å². The Labute approximate surface area is 109 Å². The molecule has 0 saturated heterocycles. The minimum Gasteiger partial charge on any atom is -0.454 e. The SMILES string of the molecule is Cc1cc(-c2cc3cc(Cl)ccc3o2)ncc1N. The zero-order valence-electron chi connectivity index (χ0n) is 9.77. The van der Waals surface area contributed by atoms with Crippen LogP contribution >= 0.6 is 11.6 Å². The minimum atomic E-state index is 0.679. The van der Waals surface area contributed by atoms with E-state index >= 15 is 0 Å². The molecule has 2 N–H and O–H groups in total. The molecular formula is C14H11ClN2O. The van der Waals surface area contributed by atoms with Gasteiger partial charge >= 0.3 is 0 Å². The third-order valence-corrected chi connectivity index (χ3v) is 3.12. The highest BCUT2D eigenvalue weighted by Gasteiger charge is 2.08. The van der Waals surface area contributed by atoms with Gasteiger partial charge in [-0.1, -0.05) is 11.6 Å². The zero-order valence-corrected chi connectivity index (χ0v) is 10.5. The summed E-state index contributed by atoms with van der Waals surface area (Å²) >= 11 is 5.95. The van der Waals surface area contributed by atoms with Crippen molar-refractivity contribution in [1.29, 1.82) is 0 Å². The van der Waals surface area contributed by atoms with E-state index in [1.165, 1.54) is 0 Å². The summed E-state index contributed by atoms with van der Waals surface area (Å²) in [5.41, 5.74) is 8.98. The van der Waals surface area contributed by atoms with Crippen LogP contribution in [0, 0.1) is 6.92 Å². The van der Waals surface area contributed by atoms with E-state index in [0.29, 0.717) is 10.7 Å². The molecule has 0 bridgehead atoms. The highest BCUT2D eigenvalue weighted by Crippen LogP contribution is 2.29. The number of aryl methyl sites for hydroxylation is 1. The Balaban J connectivity index is 2.16. The molecule has 3 nitrogen and oxygen atoms in total. The monoisotopic (exact) mass is 258 g/mol. The van der Waals surface area contributed by atoms with Crippen LogP contribution < -0.4 is 5.73 Å². The molecular weight excluding hydrogens is 248 g/mol. The van der Waals surface area contributed by atoms with Crippen LogP contribution in [0.15, 0.2) is 40.9 Å². The van der Waals surface area contributed by atoms with Crippen LogP contribution in [0.2, 0.25) is 5.02 Å². The van der Waals surface area contributed by atoms with Crippen molar-refractivity contribution < 1.29 is 4.42 Å². The van der Waals surface area contributed by atoms with Gasteiger partial charge in [-0.25, -0.2) is 0 Å². The van der Waals surface area contributed by atoms with Gasteiger partial charge < -0.3 is 10.2 Å². The Morgan fingerprint density at radius 3 is 2.83 bits per heavy atom. The van der Waals surface area contributed by atoms with Crippen molar-refractivity contribution >= 4 is 28.3 Å². The van der Waals surface area contributed by atoms with Gasteiger partial charge in [0.15, 0.2) is 5.76 Å². The second-order valence-corrected chi connectivity index (χ2v) is 4.66. The minimum absolute atomic E-state index is 0.679. The van der Waals surface area contributed by atoms with Crippen molar-refractivity contribution in [1.82, 2.24) is 4.98 Å². The molecule has 0 radical (unpaired) electrons. The van der Waals surface area contributed by atoms with Crippen LogP contribution in [0.3, 0.4) is 0 Å². The first-order valence-electron chi connectivity index (χ1n) is 5.55. The number of pyridine rings is 1. The average Bonchev–Trinajstić information content (AvgIpc) is 2.75. The third kappa shape index (κ3) is 1.83. The second-order valence-electron chi connectivity index (χ2n) is 4.22. The topological polar surface area (TPSA) is 52.0 Å². The number of rotatable bonds is 1. The predicted molar refractivity (Wildman–Crippen MR) is 73.6 cm³/mol. The Morgan fingerprint density at radius 2 is 2.06 bits per heavy atom. The number of aromatic nitrogens is 1. The lowest BCUT2D eigenvalue weighted by molar-refractivity contribution is 0.628. The average molecular weight is 259 g/mol. The fourth-order valence-electron chi connectivity index (χ4n) is 1.84. The Morgan fingerprint density at radius 1 is 1.22 bits per heavy atom. The Kier molecular flexibility index (Phi) is 2.49. The number of fused-ring (bicyclic) bond motifs is 1. The number of anilines is 1. The van der Waals surface area contributed by atoms with E-state index in [9.17, 15) is 0 Å². The van der Waals surface area contributed by atoms with Gasteiger partial charge in [0.2, 0.25) is 0 Å². The van der Waals surface area contributed by atoms with Gasteiger partial charge in [-0.05, 0) is 42.8 Å². The molecule has 90 valence electrons. The van der Waals surface area contributed by atoms with Gasteiger partial charge in [0.05, 0.1) is 11.9 Å². The normalized spacial score (nSPS) is 11.0. The predicted octanol–water partition coefficient (Wildman–Crippen LogP) is 4.04. The van der Waals surface area contributed by atoms with E-state index in [4.69, 9.17) is 21.8 Å². The quantitative estimate of drug-likeness (QED) is 0.717. The molecule has 0 fully saturated rings. The van der Waals surface area contributed by atoms with E-state index in [1.54, 1.807) is 12.3 Å². The maximum absolute atomic E-state index is 5.95. The number of benzene rings is 1. The smallest absolute Gasteiger partial charge is 0.153 e. The standard InChI is InChI=1S/C14H11ClN2O/c1-8-4-12(17-7-11(8)16)14-6-9-5-10(15)2-3-13(9)18-14/h2-7H,16H2,1H3. The first-order valence-corrected chi connectivity index (χ1v) is 5.93. The van der Waals surface area contributed by atoms with Crippen LogP contribution in [0.5, 0.6) is 0 Å². The van der Waals surface area contributed by atoms with E-state index in [1.807, 2.05) is 31.2 Å². The van der Waals surface area contributed by atoms with Gasteiger partial charge in [0.25, 0.3) is 0 Å². The van der Waals surface area contributed by atoms with Crippen LogP contribution in [-0.4, -0.2) is 4.98 Å². The molecule has 0 aliphatic rings. The molecule has 0 spiro atoms. The Bertz CT molecular complexity index is 734. The number of nitrogens with two attached hydrogens (primary N) is 1. The van der Waals surface area contributed by atoms with E-state index in [2.05, 4.69) is 4.98 Å². The van der Waals surface area contributed by atoms with E-state index in [-0.39, 0.29) is 0 Å². The third-order valence-electron chi connectivity index (χ3n) is 2.88. The molecule has 1 aromatic carbocycles. The van der Waals surface area contributed by atoms with Gasteiger partial charge in [0, 0.05) is 10.4 Å². The lowest BCUT2D eigenvalue weighted by atomic mass is 10.2. The molecule has 0 amide bonds. The van der Waals surface area contributed by atoms with Crippen molar-refractivity contribution in [2.45, 2.75) is 6.92 Å². The van der Waals surface area contributed by atoms with Crippen LogP contribution in [0.25, 0.3) is 22.4 Å². The molecule has 0 aliphatic carbocycles. The zero-order chi connectivity index (χ0) is 12.7. The molecule has 0 atom stereocenters. The second kappa shape index (κ2) is 4.03. The number of hydrogen-bond acceptors (Lipinski definition) is 3. The largest absolute Gasteiger partial charge is 0.454 e.